The predicted molar refractivity (Wildman–Crippen MR) is 64.0 cm³/mol. The molecule has 0 saturated heterocycles. The van der Waals surface area contributed by atoms with Crippen LogP contribution in [0.2, 0.25) is 0 Å². The molecule has 1 rings (SSSR count). The third-order valence-electron chi connectivity index (χ3n) is 4.36. The van der Waals surface area contributed by atoms with Gasteiger partial charge in [0, 0.05) is 0 Å². The zero-order chi connectivity index (χ0) is 9.68. The fourth-order valence-corrected chi connectivity index (χ4v) is 4.34. The van der Waals surface area contributed by atoms with Crippen LogP contribution in [0.1, 0.15) is 26.7 Å². The van der Waals surface area contributed by atoms with Crippen LogP contribution in [0.3, 0.4) is 0 Å². The lowest BCUT2D eigenvalue weighted by Crippen LogP contribution is -2.44. The summed E-state index contributed by atoms with van der Waals surface area (Å²) in [7, 11) is -1.68. The minimum atomic E-state index is -1.68. The van der Waals surface area contributed by atoms with Gasteiger partial charge in [0.15, 0.2) is 0 Å². The van der Waals surface area contributed by atoms with Crippen molar-refractivity contribution in [3.8, 4) is 0 Å². The molecule has 1 aliphatic rings. The van der Waals surface area contributed by atoms with Crippen molar-refractivity contribution in [2.24, 2.45) is 5.92 Å². The summed E-state index contributed by atoms with van der Waals surface area (Å²) in [5.41, 5.74) is 0. The molecule has 0 aromatic rings. The maximum absolute atomic E-state index is 2.56. The molecule has 0 aromatic carbocycles. The van der Waals surface area contributed by atoms with Crippen LogP contribution in [-0.2, 0) is 0 Å². The van der Waals surface area contributed by atoms with Gasteiger partial charge in [-0.15, -0.1) is 0 Å². The van der Waals surface area contributed by atoms with Crippen LogP contribution in [0, 0.1) is 5.92 Å². The zero-order valence-electron chi connectivity index (χ0n) is 9.68. The highest BCUT2D eigenvalue weighted by atomic mass is 32.4. The normalized spacial score (nSPS) is 27.5. The monoisotopic (exact) mass is 190 g/mol. The molecule has 0 aliphatic heterocycles. The first kappa shape index (κ1) is 10.4. The highest BCUT2D eigenvalue weighted by Crippen LogP contribution is 2.83. The molecule has 1 saturated carbocycles. The maximum Gasteiger partial charge on any atom is -0.0227 e. The van der Waals surface area contributed by atoms with Crippen molar-refractivity contribution in [2.45, 2.75) is 31.9 Å². The molecule has 0 amide bonds. The van der Waals surface area contributed by atoms with Gasteiger partial charge in [0.05, 0.1) is 0 Å². The van der Waals surface area contributed by atoms with E-state index >= 15 is 0 Å². The number of hydrogen-bond donors (Lipinski definition) is 0. The van der Waals surface area contributed by atoms with E-state index in [2.05, 4.69) is 38.9 Å². The summed E-state index contributed by atoms with van der Waals surface area (Å²) in [6.45, 7) is 4.86. The lowest BCUT2D eigenvalue weighted by Gasteiger charge is -2.73. The van der Waals surface area contributed by atoms with Crippen LogP contribution < -0.4 is 0 Å². The largest absolute Gasteiger partial charge is 0.281 e. The molecule has 0 aromatic heterocycles. The summed E-state index contributed by atoms with van der Waals surface area (Å²) >= 11 is 0. The van der Waals surface area contributed by atoms with Crippen molar-refractivity contribution in [1.82, 2.24) is 0 Å². The van der Waals surface area contributed by atoms with E-state index in [-0.39, 0.29) is 0 Å². The predicted octanol–water partition coefficient (Wildman–Crippen LogP) is 3.20. The molecule has 0 bridgehead atoms. The Morgan fingerprint density at radius 1 is 1.17 bits per heavy atom. The summed E-state index contributed by atoms with van der Waals surface area (Å²) in [5, 5.41) is 0.954. The summed E-state index contributed by atoms with van der Waals surface area (Å²) in [6.07, 6.45) is 13.2. The molecule has 0 spiro atoms. The summed E-state index contributed by atoms with van der Waals surface area (Å²) in [4.78, 5) is 0. The van der Waals surface area contributed by atoms with Gasteiger partial charge in [-0.1, -0.05) is 13.8 Å². The third-order valence-corrected chi connectivity index (χ3v) is 10.9. The molecule has 1 aliphatic carbocycles. The topological polar surface area (TPSA) is 0 Å². The summed E-state index contributed by atoms with van der Waals surface area (Å²) in [5.74, 6) is 2.43. The molecule has 1 heteroatoms. The smallest absolute Gasteiger partial charge is 0.0227 e. The van der Waals surface area contributed by atoms with Crippen molar-refractivity contribution in [2.75, 3.05) is 30.8 Å². The second-order valence-electron chi connectivity index (χ2n) is 7.04. The molecular weight excluding hydrogens is 164 g/mol. The average molecular weight is 190 g/mol. The molecule has 76 valence electrons. The minimum Gasteiger partial charge on any atom is -0.281 e. The van der Waals surface area contributed by atoms with Gasteiger partial charge in [0.1, 0.15) is 0 Å². The molecule has 12 heavy (non-hydrogen) atoms. The molecule has 1 fully saturated rings. The third kappa shape index (κ3) is 1.81. The fraction of sp³-hybridized carbons (Fsp3) is 1.00. The molecule has 0 heterocycles. The van der Waals surface area contributed by atoms with Gasteiger partial charge in [0.25, 0.3) is 0 Å². The fourth-order valence-electron chi connectivity index (χ4n) is 1.73. The highest BCUT2D eigenvalue weighted by Gasteiger charge is 2.51. The van der Waals surface area contributed by atoms with Crippen LogP contribution in [0.15, 0.2) is 0 Å². The molecule has 0 N–H and O–H groups in total. The maximum atomic E-state index is 2.56. The zero-order valence-corrected chi connectivity index (χ0v) is 10.5. The van der Waals surface area contributed by atoms with E-state index in [4.69, 9.17) is 0 Å². The Labute approximate surface area is 77.4 Å². The van der Waals surface area contributed by atoms with Crippen LogP contribution in [0.25, 0.3) is 0 Å². The summed E-state index contributed by atoms with van der Waals surface area (Å²) in [6, 6.07) is 0. The van der Waals surface area contributed by atoms with E-state index in [0.717, 1.165) is 11.2 Å². The van der Waals surface area contributed by atoms with Crippen molar-refractivity contribution in [1.29, 1.82) is 0 Å². The SMILES string of the molecule is CCS(C)(C)(C)(C)C(C)C1CC1. The van der Waals surface area contributed by atoms with Gasteiger partial charge in [-0.05, 0) is 54.8 Å². The summed E-state index contributed by atoms with van der Waals surface area (Å²) < 4.78 is 0. The van der Waals surface area contributed by atoms with E-state index in [1.165, 1.54) is 18.6 Å². The minimum absolute atomic E-state index is 0.954. The van der Waals surface area contributed by atoms with E-state index < -0.39 is 8.29 Å². The van der Waals surface area contributed by atoms with E-state index in [1.54, 1.807) is 0 Å². The average Bonchev–Trinajstić information content (AvgIpc) is 2.66. The lowest BCUT2D eigenvalue weighted by molar-refractivity contribution is 0.793. The first-order valence-corrected chi connectivity index (χ1v) is 9.41. The first-order valence-electron chi connectivity index (χ1n) is 5.09. The number of hydrogen-bond acceptors (Lipinski definition) is 0. The Morgan fingerprint density at radius 2 is 1.58 bits per heavy atom. The lowest BCUT2D eigenvalue weighted by atomic mass is 10.3. The van der Waals surface area contributed by atoms with Gasteiger partial charge >= 0.3 is 0 Å². The Kier molecular flexibility index (Phi) is 1.78. The quantitative estimate of drug-likeness (QED) is 0.641. The van der Waals surface area contributed by atoms with E-state index in [0.29, 0.717) is 0 Å². The Morgan fingerprint density at radius 3 is 1.83 bits per heavy atom. The van der Waals surface area contributed by atoms with Crippen molar-refractivity contribution in [3.63, 3.8) is 0 Å². The Bertz CT molecular complexity index is 190. The molecular formula is C11H26S. The first-order chi connectivity index (χ1) is 5.09. The van der Waals surface area contributed by atoms with Crippen molar-refractivity contribution < 1.29 is 0 Å². The van der Waals surface area contributed by atoms with Crippen LogP contribution in [0.5, 0.6) is 0 Å². The van der Waals surface area contributed by atoms with Crippen molar-refractivity contribution in [3.05, 3.63) is 0 Å². The van der Waals surface area contributed by atoms with Crippen molar-refractivity contribution >= 4 is 8.29 Å². The molecule has 1 unspecified atom stereocenters. The Hall–Kier alpha value is 0.350. The molecule has 0 radical (unpaired) electrons. The van der Waals surface area contributed by atoms with Crippen LogP contribution in [0.4, 0.5) is 0 Å². The van der Waals surface area contributed by atoms with Gasteiger partial charge in [0.2, 0.25) is 0 Å². The van der Waals surface area contributed by atoms with Gasteiger partial charge in [-0.25, -0.2) is 0 Å². The van der Waals surface area contributed by atoms with E-state index in [1.807, 2.05) is 0 Å². The molecule has 0 nitrogen and oxygen atoms in total. The molecule has 1 atom stereocenters. The van der Waals surface area contributed by atoms with Crippen LogP contribution in [-0.4, -0.2) is 36.0 Å². The Balaban J connectivity index is 2.94. The second kappa shape index (κ2) is 2.05. The highest BCUT2D eigenvalue weighted by molar-refractivity contribution is 8.63. The number of rotatable bonds is 3. The standard InChI is InChI=1S/C11H26S/c1-7-12(3,4,5,6)10(2)11-8-9-11/h10-11H,7-9H2,1-6H3. The van der Waals surface area contributed by atoms with Crippen LogP contribution >= 0.6 is 8.29 Å². The van der Waals surface area contributed by atoms with Gasteiger partial charge < -0.3 is 0 Å². The van der Waals surface area contributed by atoms with Gasteiger partial charge in [-0.2, -0.15) is 0 Å². The second-order valence-corrected chi connectivity index (χ2v) is 17.8. The van der Waals surface area contributed by atoms with Gasteiger partial charge in [-0.3, -0.25) is 8.29 Å². The van der Waals surface area contributed by atoms with E-state index in [9.17, 15) is 0 Å².